The van der Waals surface area contributed by atoms with E-state index in [1.165, 1.54) is 6.07 Å². The van der Waals surface area contributed by atoms with Gasteiger partial charge in [0.15, 0.2) is 7.12 Å². The number of carboxylic acid groups (broad SMARTS) is 1. The Balaban J connectivity index is 0.00000141. The Hall–Kier alpha value is -3.42. The number of carbonyl (C=O) groups is 3. The van der Waals surface area contributed by atoms with E-state index in [2.05, 4.69) is 29.7 Å². The van der Waals surface area contributed by atoms with Crippen molar-refractivity contribution in [1.82, 2.24) is 15.2 Å². The van der Waals surface area contributed by atoms with Crippen molar-refractivity contribution in [2.24, 2.45) is 5.73 Å². The SMILES string of the molecule is CC.CC(/C=C1/c2nc3cc(F)c(C)c4c3c(c2CN1C)C(OCNC(=O)CN)CC4)=C(/C=O)COC(=O)O.[B]S. The molecule has 2 heterocycles. The zero-order chi connectivity index (χ0) is 30.9. The molecule has 0 saturated heterocycles. The highest BCUT2D eigenvalue weighted by Crippen LogP contribution is 2.45. The molecular formula is C28H36BFN4O6S. The molecule has 1 aliphatic carbocycles. The van der Waals surface area contributed by atoms with Gasteiger partial charge in [0.2, 0.25) is 5.91 Å². The molecule has 4 rings (SSSR count). The van der Waals surface area contributed by atoms with Crippen LogP contribution < -0.4 is 11.1 Å². The first-order valence-electron chi connectivity index (χ1n) is 13.1. The average Bonchev–Trinajstić information content (AvgIpc) is 3.28. The Kier molecular flexibility index (Phi) is 12.8. The molecular weight excluding hydrogens is 550 g/mol. The Morgan fingerprint density at radius 2 is 2.02 bits per heavy atom. The lowest BCUT2D eigenvalue weighted by atomic mass is 9.83. The summed E-state index contributed by atoms with van der Waals surface area (Å²) in [5.74, 6) is -0.665. The monoisotopic (exact) mass is 586 g/mol. The second kappa shape index (κ2) is 15.5. The Morgan fingerprint density at radius 3 is 2.63 bits per heavy atom. The maximum atomic E-state index is 14.9. The van der Waals surface area contributed by atoms with Crippen molar-refractivity contribution in [2.45, 2.75) is 53.2 Å². The van der Waals surface area contributed by atoms with Gasteiger partial charge in [0, 0.05) is 36.2 Å². The fourth-order valence-electron chi connectivity index (χ4n) is 4.92. The minimum atomic E-state index is -1.47. The molecule has 2 aromatic rings. The lowest BCUT2D eigenvalue weighted by Gasteiger charge is -2.29. The Morgan fingerprint density at radius 1 is 1.34 bits per heavy atom. The summed E-state index contributed by atoms with van der Waals surface area (Å²) in [6.07, 6.45) is 1.69. The molecule has 1 unspecified atom stereocenters. The first kappa shape index (κ1) is 33.8. The average molecular weight is 586 g/mol. The number of aromatic nitrogens is 1. The molecule has 4 N–H and O–H groups in total. The highest BCUT2D eigenvalue weighted by molar-refractivity contribution is 8.03. The standard InChI is InChI=1S/C26H29FN4O6.C2H6.BHS/c1-13(15(10-32)11-36-26(34)35)6-20-25-17(9-31(20)3)24-21(37-12-29-22(33)8-28)5-4-16-14(2)18(27)7-19(30-25)23(16)24;2*1-2/h6-7,10,21H,4-5,8-9,11-12,28H2,1-3H3,(H,29,33)(H,34,35);1-2H3;2H/b15-13+,20-6-;;. The highest BCUT2D eigenvalue weighted by atomic mass is 32.1. The first-order valence-corrected chi connectivity index (χ1v) is 13.6. The van der Waals surface area contributed by atoms with Crippen molar-refractivity contribution >= 4 is 54.6 Å². The number of halogens is 1. The first-order chi connectivity index (χ1) is 19.7. The maximum absolute atomic E-state index is 14.9. The summed E-state index contributed by atoms with van der Waals surface area (Å²) in [7, 11) is 6.07. The summed E-state index contributed by atoms with van der Waals surface area (Å²) in [5, 5.41) is 12.3. The summed E-state index contributed by atoms with van der Waals surface area (Å²) in [4.78, 5) is 40.8. The summed E-state index contributed by atoms with van der Waals surface area (Å²) >= 11 is 3.03. The summed E-state index contributed by atoms with van der Waals surface area (Å²) in [6, 6.07) is 1.42. The van der Waals surface area contributed by atoms with Crippen LogP contribution in [0.15, 0.2) is 23.3 Å². The smallest absolute Gasteiger partial charge is 0.450 e. The van der Waals surface area contributed by atoms with E-state index in [9.17, 15) is 18.8 Å². The molecule has 10 nitrogen and oxygen atoms in total. The van der Waals surface area contributed by atoms with Gasteiger partial charge in [-0.25, -0.2) is 26.6 Å². The molecule has 0 saturated carbocycles. The van der Waals surface area contributed by atoms with E-state index in [0.717, 1.165) is 22.1 Å². The van der Waals surface area contributed by atoms with Gasteiger partial charge in [0.05, 0.1) is 29.6 Å². The van der Waals surface area contributed by atoms with Crippen molar-refractivity contribution in [3.8, 4) is 0 Å². The minimum absolute atomic E-state index is 0.0124. The van der Waals surface area contributed by atoms with Crippen molar-refractivity contribution in [2.75, 3.05) is 26.9 Å². The molecule has 0 fully saturated rings. The van der Waals surface area contributed by atoms with E-state index in [1.54, 1.807) is 19.9 Å². The van der Waals surface area contributed by atoms with Crippen LogP contribution in [-0.4, -0.2) is 67.4 Å². The van der Waals surface area contributed by atoms with Crippen LogP contribution in [0.25, 0.3) is 16.6 Å². The van der Waals surface area contributed by atoms with E-state index in [0.29, 0.717) is 53.7 Å². The molecule has 1 amide bonds. The van der Waals surface area contributed by atoms with Gasteiger partial charge < -0.3 is 30.5 Å². The lowest BCUT2D eigenvalue weighted by molar-refractivity contribution is -0.122. The van der Waals surface area contributed by atoms with E-state index in [1.807, 2.05) is 25.8 Å². The van der Waals surface area contributed by atoms with Crippen LogP contribution in [0.5, 0.6) is 0 Å². The molecule has 0 bridgehead atoms. The number of nitrogens with zero attached hydrogens (tertiary/aromatic N) is 2. The number of hydrogen-bond acceptors (Lipinski definition) is 9. The molecule has 0 spiro atoms. The molecule has 1 aromatic carbocycles. The zero-order valence-corrected chi connectivity index (χ0v) is 24.8. The predicted octanol–water partition coefficient (Wildman–Crippen LogP) is 3.74. The van der Waals surface area contributed by atoms with Gasteiger partial charge in [0.1, 0.15) is 25.4 Å². The van der Waals surface area contributed by atoms with Crippen molar-refractivity contribution in [3.05, 3.63) is 57.1 Å². The number of amides is 1. The third-order valence-corrected chi connectivity index (χ3v) is 6.86. The number of aldehydes is 1. The summed E-state index contributed by atoms with van der Waals surface area (Å²) < 4.78 is 25.5. The van der Waals surface area contributed by atoms with Crippen LogP contribution in [0.2, 0.25) is 0 Å². The van der Waals surface area contributed by atoms with Crippen LogP contribution in [-0.2, 0) is 32.0 Å². The molecule has 2 radical (unpaired) electrons. The molecule has 1 atom stereocenters. The van der Waals surface area contributed by atoms with Crippen LogP contribution >= 0.6 is 12.5 Å². The van der Waals surface area contributed by atoms with E-state index < -0.39 is 6.16 Å². The Bertz CT molecular complexity index is 1370. The number of ether oxygens (including phenoxy) is 2. The van der Waals surface area contributed by atoms with E-state index >= 15 is 0 Å². The van der Waals surface area contributed by atoms with Gasteiger partial charge in [-0.05, 0) is 55.0 Å². The van der Waals surface area contributed by atoms with E-state index in [4.69, 9.17) is 20.6 Å². The summed E-state index contributed by atoms with van der Waals surface area (Å²) in [6.45, 7) is 7.42. The fraction of sp³-hybridized carbons (Fsp3) is 0.429. The van der Waals surface area contributed by atoms with Crippen LogP contribution in [0.4, 0.5) is 9.18 Å². The number of benzene rings is 1. The molecule has 220 valence electrons. The van der Waals surface area contributed by atoms with Gasteiger partial charge in [0.25, 0.3) is 0 Å². The van der Waals surface area contributed by atoms with Crippen LogP contribution in [0, 0.1) is 12.7 Å². The highest BCUT2D eigenvalue weighted by Gasteiger charge is 2.34. The Labute approximate surface area is 245 Å². The third-order valence-electron chi connectivity index (χ3n) is 6.86. The molecule has 2 aliphatic rings. The van der Waals surface area contributed by atoms with Gasteiger partial charge in [-0.3, -0.25) is 9.59 Å². The number of thiol groups is 1. The lowest BCUT2D eigenvalue weighted by Crippen LogP contribution is -2.33. The maximum Gasteiger partial charge on any atom is 0.506 e. The van der Waals surface area contributed by atoms with Crippen LogP contribution in [0.3, 0.4) is 0 Å². The normalized spacial score (nSPS) is 16.5. The second-order valence-electron chi connectivity index (χ2n) is 9.12. The van der Waals surface area contributed by atoms with Crippen LogP contribution in [0.1, 0.15) is 61.2 Å². The molecule has 41 heavy (non-hydrogen) atoms. The number of nitrogens with two attached hydrogens (primary N) is 1. The fourth-order valence-corrected chi connectivity index (χ4v) is 4.92. The number of carbonyl (C=O) groups excluding carboxylic acids is 2. The van der Waals surface area contributed by atoms with Gasteiger partial charge in [-0.1, -0.05) is 13.8 Å². The minimum Gasteiger partial charge on any atom is -0.450 e. The number of nitrogens with one attached hydrogen (secondary N) is 1. The number of allylic oxidation sites excluding steroid dienone is 2. The van der Waals surface area contributed by atoms with Gasteiger partial charge in [-0.15, -0.1) is 0 Å². The summed E-state index contributed by atoms with van der Waals surface area (Å²) in [5.41, 5.74) is 11.2. The topological polar surface area (TPSA) is 144 Å². The largest absolute Gasteiger partial charge is 0.506 e. The molecule has 1 aromatic heterocycles. The number of aryl methyl sites for hydroxylation is 1. The van der Waals surface area contributed by atoms with Crippen molar-refractivity contribution in [1.29, 1.82) is 0 Å². The zero-order valence-electron chi connectivity index (χ0n) is 23.9. The van der Waals surface area contributed by atoms with Crippen molar-refractivity contribution in [3.63, 3.8) is 0 Å². The van der Waals surface area contributed by atoms with Crippen molar-refractivity contribution < 1.29 is 33.4 Å². The number of rotatable bonds is 8. The van der Waals surface area contributed by atoms with Gasteiger partial charge in [-0.2, -0.15) is 0 Å². The van der Waals surface area contributed by atoms with Gasteiger partial charge >= 0.3 is 6.16 Å². The van der Waals surface area contributed by atoms with E-state index in [-0.39, 0.29) is 43.3 Å². The molecule has 13 heteroatoms. The second-order valence-corrected chi connectivity index (χ2v) is 9.12. The quantitative estimate of drug-likeness (QED) is 0.0908. The number of hydrogen-bond donors (Lipinski definition) is 4. The predicted molar refractivity (Wildman–Crippen MR) is 159 cm³/mol. The number of pyridine rings is 1. The third kappa shape index (κ3) is 7.46. The number of fused-ring (bicyclic) bond motifs is 2. The molecule has 1 aliphatic heterocycles.